The van der Waals surface area contributed by atoms with E-state index in [0.29, 0.717) is 6.04 Å². The van der Waals surface area contributed by atoms with E-state index in [9.17, 15) is 0 Å². The van der Waals surface area contributed by atoms with Crippen LogP contribution in [0.25, 0.3) is 0 Å². The molecule has 0 saturated carbocycles. The number of unbranched alkanes of at least 4 members (excludes halogenated alkanes) is 3. The molecule has 2 heterocycles. The van der Waals surface area contributed by atoms with E-state index >= 15 is 0 Å². The summed E-state index contributed by atoms with van der Waals surface area (Å²) in [6.45, 7) is 7.14. The van der Waals surface area contributed by atoms with Crippen molar-refractivity contribution in [3.63, 3.8) is 0 Å². The van der Waals surface area contributed by atoms with Gasteiger partial charge in [0.05, 0.1) is 0 Å². The molecule has 1 fully saturated rings. The van der Waals surface area contributed by atoms with Crippen LogP contribution in [0.15, 0.2) is 18.5 Å². The third kappa shape index (κ3) is 4.93. The van der Waals surface area contributed by atoms with E-state index < -0.39 is 0 Å². The number of aromatic nitrogens is 2. The summed E-state index contributed by atoms with van der Waals surface area (Å²) < 4.78 is 0. The molecule has 0 spiro atoms. The Bertz CT molecular complexity index is 376. The molecule has 0 aliphatic carbocycles. The van der Waals surface area contributed by atoms with Crippen molar-refractivity contribution < 1.29 is 0 Å². The van der Waals surface area contributed by atoms with Crippen LogP contribution in [0, 0.1) is 0 Å². The van der Waals surface area contributed by atoms with Crippen LogP contribution in [-0.4, -0.2) is 53.6 Å². The molecule has 2 N–H and O–H groups in total. The molecule has 21 heavy (non-hydrogen) atoms. The zero-order valence-corrected chi connectivity index (χ0v) is 13.2. The highest BCUT2D eigenvalue weighted by atomic mass is 15.3. The van der Waals surface area contributed by atoms with Crippen LogP contribution >= 0.6 is 0 Å². The smallest absolute Gasteiger partial charge is 0.225 e. The van der Waals surface area contributed by atoms with E-state index in [4.69, 9.17) is 5.73 Å². The monoisotopic (exact) mass is 291 g/mol. The average Bonchev–Trinajstić information content (AvgIpc) is 2.56. The van der Waals surface area contributed by atoms with Gasteiger partial charge in [-0.1, -0.05) is 32.6 Å². The molecule has 0 aromatic carbocycles. The van der Waals surface area contributed by atoms with Gasteiger partial charge >= 0.3 is 0 Å². The molecule has 118 valence electrons. The van der Waals surface area contributed by atoms with Gasteiger partial charge in [-0.2, -0.15) is 0 Å². The number of rotatable bonds is 8. The first kappa shape index (κ1) is 16.2. The Morgan fingerprint density at radius 3 is 2.43 bits per heavy atom. The van der Waals surface area contributed by atoms with Gasteiger partial charge in [0, 0.05) is 51.2 Å². The minimum Gasteiger partial charge on any atom is -0.338 e. The van der Waals surface area contributed by atoms with Gasteiger partial charge in [-0.25, -0.2) is 9.97 Å². The van der Waals surface area contributed by atoms with Crippen molar-refractivity contribution in [1.29, 1.82) is 0 Å². The van der Waals surface area contributed by atoms with Crippen LogP contribution in [0.3, 0.4) is 0 Å². The summed E-state index contributed by atoms with van der Waals surface area (Å²) >= 11 is 0. The fourth-order valence-corrected chi connectivity index (χ4v) is 3.00. The standard InChI is InChI=1S/C16H29N5/c1-2-3-4-5-7-15(14-17)20-10-12-21(13-11-20)16-18-8-6-9-19-16/h6,8-9,15H,2-5,7,10-14,17H2,1H3. The normalized spacial score (nSPS) is 17.9. The predicted molar refractivity (Wildman–Crippen MR) is 87.4 cm³/mol. The second kappa shape index (κ2) is 8.95. The Balaban J connectivity index is 1.76. The summed E-state index contributed by atoms with van der Waals surface area (Å²) in [4.78, 5) is 13.5. The Hall–Kier alpha value is -1.20. The van der Waals surface area contributed by atoms with Gasteiger partial charge in [0.2, 0.25) is 5.95 Å². The third-order valence-electron chi connectivity index (χ3n) is 4.33. The zero-order valence-electron chi connectivity index (χ0n) is 13.2. The second-order valence-electron chi connectivity index (χ2n) is 5.81. The Morgan fingerprint density at radius 1 is 1.10 bits per heavy atom. The number of nitrogens with zero attached hydrogens (tertiary/aromatic N) is 4. The van der Waals surface area contributed by atoms with Crippen molar-refractivity contribution in [3.8, 4) is 0 Å². The van der Waals surface area contributed by atoms with Crippen LogP contribution in [0.4, 0.5) is 5.95 Å². The minimum atomic E-state index is 0.542. The molecule has 1 unspecified atom stereocenters. The molecule has 1 aromatic rings. The lowest BCUT2D eigenvalue weighted by Crippen LogP contribution is -2.52. The SMILES string of the molecule is CCCCCCC(CN)N1CCN(c2ncccn2)CC1. The molecular formula is C16H29N5. The van der Waals surface area contributed by atoms with Crippen molar-refractivity contribution in [1.82, 2.24) is 14.9 Å². The molecule has 5 nitrogen and oxygen atoms in total. The number of hydrogen-bond donors (Lipinski definition) is 1. The first-order chi connectivity index (χ1) is 10.3. The largest absolute Gasteiger partial charge is 0.338 e. The lowest BCUT2D eigenvalue weighted by Gasteiger charge is -2.39. The quantitative estimate of drug-likeness (QED) is 0.741. The third-order valence-corrected chi connectivity index (χ3v) is 4.33. The number of hydrogen-bond acceptors (Lipinski definition) is 5. The van der Waals surface area contributed by atoms with E-state index in [1.165, 1.54) is 32.1 Å². The Morgan fingerprint density at radius 2 is 1.81 bits per heavy atom. The van der Waals surface area contributed by atoms with Crippen molar-refractivity contribution in [2.24, 2.45) is 5.73 Å². The minimum absolute atomic E-state index is 0.542. The van der Waals surface area contributed by atoms with Gasteiger partial charge in [-0.15, -0.1) is 0 Å². The summed E-state index contributed by atoms with van der Waals surface area (Å²) in [5.41, 5.74) is 5.98. The summed E-state index contributed by atoms with van der Waals surface area (Å²) in [5, 5.41) is 0. The van der Waals surface area contributed by atoms with Crippen LogP contribution in [0.1, 0.15) is 39.0 Å². The first-order valence-corrected chi connectivity index (χ1v) is 8.31. The van der Waals surface area contributed by atoms with Crippen molar-refractivity contribution >= 4 is 5.95 Å². The second-order valence-corrected chi connectivity index (χ2v) is 5.81. The van der Waals surface area contributed by atoms with Gasteiger partial charge < -0.3 is 10.6 Å². The van der Waals surface area contributed by atoms with E-state index in [-0.39, 0.29) is 0 Å². The molecule has 0 radical (unpaired) electrons. The molecule has 1 aliphatic rings. The first-order valence-electron chi connectivity index (χ1n) is 8.31. The van der Waals surface area contributed by atoms with E-state index in [1.54, 1.807) is 0 Å². The van der Waals surface area contributed by atoms with Crippen molar-refractivity contribution in [2.75, 3.05) is 37.6 Å². The molecule has 1 saturated heterocycles. The summed E-state index contributed by atoms with van der Waals surface area (Å²) in [6, 6.07) is 2.40. The maximum atomic E-state index is 5.98. The molecule has 1 aliphatic heterocycles. The molecule has 0 amide bonds. The molecule has 1 atom stereocenters. The van der Waals surface area contributed by atoms with Gasteiger partial charge in [0.25, 0.3) is 0 Å². The number of piperazine rings is 1. The summed E-state index contributed by atoms with van der Waals surface area (Å²) in [5.74, 6) is 0.851. The maximum Gasteiger partial charge on any atom is 0.225 e. The molecule has 2 rings (SSSR count). The topological polar surface area (TPSA) is 58.3 Å². The van der Waals surface area contributed by atoms with E-state index in [2.05, 4.69) is 26.7 Å². The highest BCUT2D eigenvalue weighted by Crippen LogP contribution is 2.15. The van der Waals surface area contributed by atoms with Crippen LogP contribution in [0.2, 0.25) is 0 Å². The lowest BCUT2D eigenvalue weighted by atomic mass is 10.1. The van der Waals surface area contributed by atoms with Gasteiger partial charge in [-0.05, 0) is 12.5 Å². The molecule has 0 bridgehead atoms. The van der Waals surface area contributed by atoms with Gasteiger partial charge in [0.15, 0.2) is 0 Å². The van der Waals surface area contributed by atoms with Gasteiger partial charge in [0.1, 0.15) is 0 Å². The zero-order chi connectivity index (χ0) is 14.9. The number of anilines is 1. The fraction of sp³-hybridized carbons (Fsp3) is 0.750. The van der Waals surface area contributed by atoms with Crippen molar-refractivity contribution in [3.05, 3.63) is 18.5 Å². The fourth-order valence-electron chi connectivity index (χ4n) is 3.00. The Kier molecular flexibility index (Phi) is 6.89. The molecule has 1 aromatic heterocycles. The molecular weight excluding hydrogens is 262 g/mol. The predicted octanol–water partition coefficient (Wildman–Crippen LogP) is 1.90. The summed E-state index contributed by atoms with van der Waals surface area (Å²) in [6.07, 6.45) is 10.1. The van der Waals surface area contributed by atoms with Crippen LogP contribution in [-0.2, 0) is 0 Å². The average molecular weight is 291 g/mol. The number of nitrogens with two attached hydrogens (primary N) is 1. The van der Waals surface area contributed by atoms with Crippen LogP contribution < -0.4 is 10.6 Å². The van der Waals surface area contributed by atoms with E-state index in [0.717, 1.165) is 38.7 Å². The highest BCUT2D eigenvalue weighted by Gasteiger charge is 2.23. The van der Waals surface area contributed by atoms with Crippen LogP contribution in [0.5, 0.6) is 0 Å². The van der Waals surface area contributed by atoms with E-state index in [1.807, 2.05) is 18.5 Å². The summed E-state index contributed by atoms with van der Waals surface area (Å²) in [7, 11) is 0. The maximum absolute atomic E-state index is 5.98. The van der Waals surface area contributed by atoms with Crippen molar-refractivity contribution in [2.45, 2.75) is 45.1 Å². The molecule has 5 heteroatoms. The Labute approximate surface area is 128 Å². The highest BCUT2D eigenvalue weighted by molar-refractivity contribution is 5.29. The van der Waals surface area contributed by atoms with Gasteiger partial charge in [-0.3, -0.25) is 4.90 Å². The lowest BCUT2D eigenvalue weighted by molar-refractivity contribution is 0.176.